The summed E-state index contributed by atoms with van der Waals surface area (Å²) >= 11 is 0. The maximum absolute atomic E-state index is 12.8. The topological polar surface area (TPSA) is 84.3 Å². The Balaban J connectivity index is 1.47. The number of sulfonamides is 1. The van der Waals surface area contributed by atoms with E-state index in [-0.39, 0.29) is 22.8 Å². The van der Waals surface area contributed by atoms with Crippen molar-refractivity contribution in [3.8, 4) is 0 Å². The molecule has 0 fully saturated rings. The van der Waals surface area contributed by atoms with Crippen molar-refractivity contribution in [2.75, 3.05) is 11.4 Å². The van der Waals surface area contributed by atoms with Gasteiger partial charge in [0.05, 0.1) is 4.90 Å². The zero-order valence-electron chi connectivity index (χ0n) is 15.6. The second-order valence-corrected chi connectivity index (χ2v) is 9.25. The van der Waals surface area contributed by atoms with Gasteiger partial charge in [-0.25, -0.2) is 18.1 Å². The first-order chi connectivity index (χ1) is 12.8. The van der Waals surface area contributed by atoms with Crippen molar-refractivity contribution in [2.24, 2.45) is 5.92 Å². The van der Waals surface area contributed by atoms with E-state index in [0.29, 0.717) is 13.0 Å². The van der Waals surface area contributed by atoms with Crippen LogP contribution in [0.25, 0.3) is 0 Å². The summed E-state index contributed by atoms with van der Waals surface area (Å²) in [5.74, 6) is 1.30. The van der Waals surface area contributed by atoms with Gasteiger partial charge in [0, 0.05) is 50.6 Å². The monoisotopic (exact) mass is 388 g/mol. The van der Waals surface area contributed by atoms with E-state index in [4.69, 9.17) is 0 Å². The maximum atomic E-state index is 12.8. The lowest BCUT2D eigenvalue weighted by Crippen LogP contribution is -2.34. The van der Waals surface area contributed by atoms with Crippen LogP contribution in [0.4, 0.5) is 5.69 Å². The minimum atomic E-state index is -3.58. The smallest absolute Gasteiger partial charge is 0.240 e. The molecule has 2 atom stereocenters. The van der Waals surface area contributed by atoms with Crippen LogP contribution in [0.1, 0.15) is 31.7 Å². The minimum Gasteiger partial charge on any atom is -0.335 e. The molecule has 8 heteroatoms. The summed E-state index contributed by atoms with van der Waals surface area (Å²) in [6.45, 7) is 4.70. The number of rotatable bonds is 4. The molecular weight excluding hydrogens is 364 g/mol. The summed E-state index contributed by atoms with van der Waals surface area (Å²) in [4.78, 5) is 18.1. The molecule has 1 N–H and O–H groups in total. The number of anilines is 1. The molecule has 0 bridgehead atoms. The number of benzene rings is 1. The second kappa shape index (κ2) is 6.76. The highest BCUT2D eigenvalue weighted by Crippen LogP contribution is 2.33. The molecule has 3 heterocycles. The Morgan fingerprint density at radius 3 is 2.96 bits per heavy atom. The Morgan fingerprint density at radius 2 is 2.19 bits per heavy atom. The van der Waals surface area contributed by atoms with Gasteiger partial charge < -0.3 is 9.47 Å². The average molecular weight is 388 g/mol. The molecule has 1 aromatic carbocycles. The van der Waals surface area contributed by atoms with E-state index in [2.05, 4.69) is 14.3 Å². The van der Waals surface area contributed by atoms with E-state index in [9.17, 15) is 13.2 Å². The Kier molecular flexibility index (Phi) is 4.55. The molecule has 0 aliphatic carbocycles. The van der Waals surface area contributed by atoms with Crippen LogP contribution >= 0.6 is 0 Å². The van der Waals surface area contributed by atoms with Gasteiger partial charge in [-0.1, -0.05) is 0 Å². The molecule has 0 radical (unpaired) electrons. The molecule has 7 nitrogen and oxygen atoms in total. The van der Waals surface area contributed by atoms with E-state index in [1.54, 1.807) is 29.3 Å². The zero-order chi connectivity index (χ0) is 19.2. The third-order valence-corrected chi connectivity index (χ3v) is 6.93. The van der Waals surface area contributed by atoms with Crippen molar-refractivity contribution < 1.29 is 13.2 Å². The number of imidazole rings is 1. The summed E-state index contributed by atoms with van der Waals surface area (Å²) in [5.41, 5.74) is 1.72. The largest absolute Gasteiger partial charge is 0.335 e. The van der Waals surface area contributed by atoms with Gasteiger partial charge in [-0.3, -0.25) is 4.79 Å². The maximum Gasteiger partial charge on any atom is 0.240 e. The van der Waals surface area contributed by atoms with Crippen molar-refractivity contribution in [3.05, 3.63) is 42.0 Å². The third-order valence-electron chi connectivity index (χ3n) is 5.51. The van der Waals surface area contributed by atoms with Crippen LogP contribution in [0.2, 0.25) is 0 Å². The van der Waals surface area contributed by atoms with E-state index < -0.39 is 10.0 Å². The SMILES string of the molecule is CC(=O)N1c2ccc(S(=O)(=O)NCC3CCc4nccn4C3)cc2CC1C. The third kappa shape index (κ3) is 3.39. The van der Waals surface area contributed by atoms with Gasteiger partial charge >= 0.3 is 0 Å². The van der Waals surface area contributed by atoms with Gasteiger partial charge in [0.1, 0.15) is 5.82 Å². The van der Waals surface area contributed by atoms with Crippen LogP contribution in [0.15, 0.2) is 35.5 Å². The summed E-state index contributed by atoms with van der Waals surface area (Å²) in [6.07, 6.45) is 6.20. The van der Waals surface area contributed by atoms with Crippen LogP contribution in [0, 0.1) is 5.92 Å². The average Bonchev–Trinajstić information content (AvgIpc) is 3.21. The summed E-state index contributed by atoms with van der Waals surface area (Å²) < 4.78 is 30.4. The number of carbonyl (C=O) groups excluding carboxylic acids is 1. The predicted molar refractivity (Wildman–Crippen MR) is 102 cm³/mol. The first-order valence-electron chi connectivity index (χ1n) is 9.27. The summed E-state index contributed by atoms with van der Waals surface area (Å²) in [7, 11) is -3.58. The molecule has 0 saturated carbocycles. The van der Waals surface area contributed by atoms with Gasteiger partial charge in [-0.15, -0.1) is 0 Å². The Hall–Kier alpha value is -2.19. The molecule has 2 aliphatic heterocycles. The number of nitrogens with zero attached hydrogens (tertiary/aromatic N) is 3. The lowest BCUT2D eigenvalue weighted by atomic mass is 10.00. The van der Waals surface area contributed by atoms with Crippen LogP contribution in [-0.2, 0) is 34.2 Å². The fourth-order valence-corrected chi connectivity index (χ4v) is 5.34. The fourth-order valence-electron chi connectivity index (χ4n) is 4.17. The van der Waals surface area contributed by atoms with Gasteiger partial charge in [0.25, 0.3) is 0 Å². The molecule has 2 unspecified atom stereocenters. The number of hydrogen-bond donors (Lipinski definition) is 1. The van der Waals surface area contributed by atoms with Crippen molar-refractivity contribution >= 4 is 21.6 Å². The highest BCUT2D eigenvalue weighted by Gasteiger charge is 2.30. The normalized spacial score (nSPS) is 21.8. The highest BCUT2D eigenvalue weighted by atomic mass is 32.2. The molecular formula is C19H24N4O3S. The summed E-state index contributed by atoms with van der Waals surface area (Å²) in [6, 6.07) is 5.08. The van der Waals surface area contributed by atoms with Crippen molar-refractivity contribution in [1.82, 2.24) is 14.3 Å². The van der Waals surface area contributed by atoms with Gasteiger partial charge in [-0.05, 0) is 49.4 Å². The Labute approximate surface area is 159 Å². The van der Waals surface area contributed by atoms with Crippen LogP contribution < -0.4 is 9.62 Å². The molecule has 0 spiro atoms. The van der Waals surface area contributed by atoms with Crippen molar-refractivity contribution in [1.29, 1.82) is 0 Å². The molecule has 4 rings (SSSR count). The number of aromatic nitrogens is 2. The van der Waals surface area contributed by atoms with E-state index in [0.717, 1.165) is 36.5 Å². The minimum absolute atomic E-state index is 0.0221. The number of carbonyl (C=O) groups is 1. The number of amides is 1. The number of fused-ring (bicyclic) bond motifs is 2. The van der Waals surface area contributed by atoms with E-state index in [1.807, 2.05) is 13.1 Å². The van der Waals surface area contributed by atoms with Gasteiger partial charge in [0.15, 0.2) is 0 Å². The number of aryl methyl sites for hydroxylation is 1. The van der Waals surface area contributed by atoms with Gasteiger partial charge in [-0.2, -0.15) is 0 Å². The summed E-state index contributed by atoms with van der Waals surface area (Å²) in [5, 5.41) is 0. The predicted octanol–water partition coefficient (Wildman–Crippen LogP) is 1.72. The Morgan fingerprint density at radius 1 is 1.37 bits per heavy atom. The van der Waals surface area contributed by atoms with E-state index in [1.165, 1.54) is 6.92 Å². The van der Waals surface area contributed by atoms with Crippen LogP contribution in [-0.4, -0.2) is 36.5 Å². The standard InChI is InChI=1S/C19H24N4O3S/c1-13-9-16-10-17(4-5-18(16)23(13)14(2)24)27(25,26)21-11-15-3-6-19-20-7-8-22(19)12-15/h4-5,7-8,10,13,15,21H,3,6,9,11-12H2,1-2H3. The van der Waals surface area contributed by atoms with Crippen LogP contribution in [0.5, 0.6) is 0 Å². The van der Waals surface area contributed by atoms with Crippen molar-refractivity contribution in [3.63, 3.8) is 0 Å². The molecule has 144 valence electrons. The van der Waals surface area contributed by atoms with E-state index >= 15 is 0 Å². The molecule has 1 aromatic heterocycles. The zero-order valence-corrected chi connectivity index (χ0v) is 16.4. The lowest BCUT2D eigenvalue weighted by molar-refractivity contribution is -0.116. The first-order valence-corrected chi connectivity index (χ1v) is 10.8. The number of hydrogen-bond acceptors (Lipinski definition) is 4. The fraction of sp³-hybridized carbons (Fsp3) is 0.474. The first kappa shape index (κ1) is 18.2. The van der Waals surface area contributed by atoms with Gasteiger partial charge in [0.2, 0.25) is 15.9 Å². The molecule has 1 amide bonds. The molecule has 27 heavy (non-hydrogen) atoms. The quantitative estimate of drug-likeness (QED) is 0.864. The second-order valence-electron chi connectivity index (χ2n) is 7.49. The lowest BCUT2D eigenvalue weighted by Gasteiger charge is -2.24. The van der Waals surface area contributed by atoms with Crippen LogP contribution in [0.3, 0.4) is 0 Å². The Bertz CT molecular complexity index is 983. The molecule has 2 aromatic rings. The highest BCUT2D eigenvalue weighted by molar-refractivity contribution is 7.89. The number of nitrogens with one attached hydrogen (secondary N) is 1. The molecule has 0 saturated heterocycles. The van der Waals surface area contributed by atoms with Crippen molar-refractivity contribution in [2.45, 2.75) is 50.6 Å². The molecule has 2 aliphatic rings.